The number of aryl methyl sites for hydroxylation is 1. The van der Waals surface area contributed by atoms with E-state index >= 15 is 0 Å². The molecule has 1 heterocycles. The van der Waals surface area contributed by atoms with Gasteiger partial charge in [0.1, 0.15) is 5.75 Å². The molecule has 1 N–H and O–H groups in total. The van der Waals surface area contributed by atoms with E-state index in [4.69, 9.17) is 9.84 Å². The Balaban J connectivity index is 2.06. The van der Waals surface area contributed by atoms with Gasteiger partial charge in [0.25, 0.3) is 5.91 Å². The Morgan fingerprint density at radius 2 is 2.00 bits per heavy atom. The molecule has 1 fully saturated rings. The topological polar surface area (TPSA) is 66.8 Å². The molecule has 132 valence electrons. The minimum absolute atomic E-state index is 0.143. The summed E-state index contributed by atoms with van der Waals surface area (Å²) in [7, 11) is 0. The van der Waals surface area contributed by atoms with Crippen LogP contribution in [0.25, 0.3) is 0 Å². The number of carboxylic acid groups (broad SMARTS) is 1. The van der Waals surface area contributed by atoms with Crippen molar-refractivity contribution in [1.82, 2.24) is 4.90 Å². The maximum absolute atomic E-state index is 12.6. The lowest BCUT2D eigenvalue weighted by atomic mass is 9.98. The lowest BCUT2D eigenvalue weighted by Crippen LogP contribution is -2.47. The van der Waals surface area contributed by atoms with Gasteiger partial charge in [-0.2, -0.15) is 0 Å². The van der Waals surface area contributed by atoms with Gasteiger partial charge in [-0.25, -0.2) is 0 Å². The SMILES string of the molecule is Cc1ccc(C(C)C)cc1OC(C)C(=O)N1CCCC(C(=O)O)C1. The summed E-state index contributed by atoms with van der Waals surface area (Å²) in [4.78, 5) is 25.4. The molecule has 0 aliphatic carbocycles. The number of hydrogen-bond acceptors (Lipinski definition) is 3. The van der Waals surface area contributed by atoms with Gasteiger partial charge in [0.2, 0.25) is 0 Å². The normalized spacial score (nSPS) is 19.2. The van der Waals surface area contributed by atoms with Crippen molar-refractivity contribution in [3.63, 3.8) is 0 Å². The summed E-state index contributed by atoms with van der Waals surface area (Å²) in [6, 6.07) is 6.06. The van der Waals surface area contributed by atoms with Crippen LogP contribution in [0.3, 0.4) is 0 Å². The van der Waals surface area contributed by atoms with Gasteiger partial charge >= 0.3 is 5.97 Å². The molecular formula is C19H27NO4. The fourth-order valence-corrected chi connectivity index (χ4v) is 2.98. The molecular weight excluding hydrogens is 306 g/mol. The molecule has 24 heavy (non-hydrogen) atoms. The van der Waals surface area contributed by atoms with Crippen molar-refractivity contribution in [2.75, 3.05) is 13.1 Å². The van der Waals surface area contributed by atoms with Gasteiger partial charge in [0.05, 0.1) is 5.92 Å². The van der Waals surface area contributed by atoms with Gasteiger partial charge < -0.3 is 14.7 Å². The highest BCUT2D eigenvalue weighted by Gasteiger charge is 2.31. The number of carbonyl (C=O) groups is 2. The molecule has 5 heteroatoms. The predicted molar refractivity (Wildman–Crippen MR) is 92.3 cm³/mol. The van der Waals surface area contributed by atoms with Crippen molar-refractivity contribution < 1.29 is 19.4 Å². The highest BCUT2D eigenvalue weighted by atomic mass is 16.5. The Kier molecular flexibility index (Phi) is 5.86. The van der Waals surface area contributed by atoms with Gasteiger partial charge in [-0.15, -0.1) is 0 Å². The first-order chi connectivity index (χ1) is 11.3. The number of carbonyl (C=O) groups excluding carboxylic acids is 1. The zero-order chi connectivity index (χ0) is 17.9. The maximum Gasteiger partial charge on any atom is 0.308 e. The first kappa shape index (κ1) is 18.3. The lowest BCUT2D eigenvalue weighted by molar-refractivity contribution is -0.147. The molecule has 2 unspecified atom stereocenters. The number of amides is 1. The Bertz CT molecular complexity index is 611. The number of ether oxygens (including phenoxy) is 1. The minimum Gasteiger partial charge on any atom is -0.481 e. The van der Waals surface area contributed by atoms with Crippen LogP contribution in [-0.4, -0.2) is 41.1 Å². The first-order valence-electron chi connectivity index (χ1n) is 8.58. The largest absolute Gasteiger partial charge is 0.481 e. The second-order valence-electron chi connectivity index (χ2n) is 6.90. The summed E-state index contributed by atoms with van der Waals surface area (Å²) in [6.45, 7) is 8.78. The molecule has 1 aromatic rings. The maximum atomic E-state index is 12.6. The Morgan fingerprint density at radius 3 is 2.62 bits per heavy atom. The molecule has 2 rings (SSSR count). The van der Waals surface area contributed by atoms with Gasteiger partial charge in [0.15, 0.2) is 6.10 Å². The second-order valence-corrected chi connectivity index (χ2v) is 6.90. The van der Waals surface area contributed by atoms with Crippen molar-refractivity contribution in [2.24, 2.45) is 5.92 Å². The number of aliphatic carboxylic acids is 1. The van der Waals surface area contributed by atoms with E-state index in [9.17, 15) is 9.59 Å². The molecule has 1 aromatic carbocycles. The van der Waals surface area contributed by atoms with Crippen molar-refractivity contribution in [3.8, 4) is 5.75 Å². The standard InChI is InChI=1S/C19H27NO4/c1-12(2)15-8-7-13(3)17(10-15)24-14(4)18(21)20-9-5-6-16(11-20)19(22)23/h7-8,10,12,14,16H,5-6,9,11H2,1-4H3,(H,22,23). The third kappa shape index (κ3) is 4.28. The number of rotatable bonds is 5. The highest BCUT2D eigenvalue weighted by Crippen LogP contribution is 2.26. The minimum atomic E-state index is -0.832. The van der Waals surface area contributed by atoms with Gasteiger partial charge in [-0.05, 0) is 49.8 Å². The smallest absolute Gasteiger partial charge is 0.308 e. The molecule has 2 atom stereocenters. The number of likely N-dealkylation sites (tertiary alicyclic amines) is 1. The van der Waals surface area contributed by atoms with E-state index in [1.54, 1.807) is 11.8 Å². The van der Waals surface area contributed by atoms with Crippen LogP contribution in [0.5, 0.6) is 5.75 Å². The fourth-order valence-electron chi connectivity index (χ4n) is 2.98. The van der Waals surface area contributed by atoms with E-state index in [0.29, 0.717) is 24.6 Å². The van der Waals surface area contributed by atoms with Crippen LogP contribution in [0.15, 0.2) is 18.2 Å². The number of piperidine rings is 1. The quantitative estimate of drug-likeness (QED) is 0.898. The van der Waals surface area contributed by atoms with E-state index < -0.39 is 18.0 Å². The second kappa shape index (κ2) is 7.69. The summed E-state index contributed by atoms with van der Waals surface area (Å²) < 4.78 is 5.91. The van der Waals surface area contributed by atoms with E-state index in [2.05, 4.69) is 19.9 Å². The Labute approximate surface area is 143 Å². The summed E-state index contributed by atoms with van der Waals surface area (Å²) in [5.74, 6) is -0.344. The number of nitrogens with zero attached hydrogens (tertiary/aromatic N) is 1. The first-order valence-corrected chi connectivity index (χ1v) is 8.58. The zero-order valence-electron chi connectivity index (χ0n) is 14.9. The summed E-state index contributed by atoms with van der Waals surface area (Å²) >= 11 is 0. The van der Waals surface area contributed by atoms with Crippen molar-refractivity contribution in [3.05, 3.63) is 29.3 Å². The molecule has 0 aromatic heterocycles. The zero-order valence-corrected chi connectivity index (χ0v) is 14.9. The van der Waals surface area contributed by atoms with Crippen LogP contribution in [0.4, 0.5) is 0 Å². The Morgan fingerprint density at radius 1 is 1.29 bits per heavy atom. The van der Waals surface area contributed by atoms with Crippen LogP contribution < -0.4 is 4.74 Å². The fraction of sp³-hybridized carbons (Fsp3) is 0.579. The number of carboxylic acids is 1. The third-order valence-electron chi connectivity index (χ3n) is 4.61. The van der Waals surface area contributed by atoms with Crippen molar-refractivity contribution in [1.29, 1.82) is 0 Å². The van der Waals surface area contributed by atoms with Crippen LogP contribution in [0, 0.1) is 12.8 Å². The lowest BCUT2D eigenvalue weighted by Gasteiger charge is -2.32. The Hall–Kier alpha value is -2.04. The van der Waals surface area contributed by atoms with Crippen LogP contribution >= 0.6 is 0 Å². The van der Waals surface area contributed by atoms with E-state index in [1.807, 2.05) is 19.1 Å². The van der Waals surface area contributed by atoms with E-state index in [0.717, 1.165) is 12.0 Å². The van der Waals surface area contributed by atoms with Crippen LogP contribution in [0.1, 0.15) is 50.7 Å². The van der Waals surface area contributed by atoms with Gasteiger partial charge in [-0.1, -0.05) is 26.0 Å². The van der Waals surface area contributed by atoms with Gasteiger partial charge in [0, 0.05) is 13.1 Å². The van der Waals surface area contributed by atoms with Crippen molar-refractivity contribution in [2.45, 2.75) is 52.6 Å². The van der Waals surface area contributed by atoms with Gasteiger partial charge in [-0.3, -0.25) is 9.59 Å². The molecule has 0 saturated carbocycles. The summed E-state index contributed by atoms with van der Waals surface area (Å²) in [6.07, 6.45) is 0.722. The number of hydrogen-bond donors (Lipinski definition) is 1. The molecule has 0 spiro atoms. The van der Waals surface area contributed by atoms with E-state index in [-0.39, 0.29) is 12.5 Å². The molecule has 0 bridgehead atoms. The van der Waals surface area contributed by atoms with Crippen LogP contribution in [-0.2, 0) is 9.59 Å². The third-order valence-corrected chi connectivity index (χ3v) is 4.61. The average Bonchev–Trinajstić information content (AvgIpc) is 2.55. The average molecular weight is 333 g/mol. The van der Waals surface area contributed by atoms with Crippen molar-refractivity contribution >= 4 is 11.9 Å². The molecule has 0 radical (unpaired) electrons. The monoisotopic (exact) mass is 333 g/mol. The highest BCUT2D eigenvalue weighted by molar-refractivity contribution is 5.82. The molecule has 1 saturated heterocycles. The molecule has 1 amide bonds. The molecule has 5 nitrogen and oxygen atoms in total. The molecule has 1 aliphatic rings. The summed E-state index contributed by atoms with van der Waals surface area (Å²) in [5, 5.41) is 9.16. The molecule has 1 aliphatic heterocycles. The van der Waals surface area contributed by atoms with E-state index in [1.165, 1.54) is 5.56 Å². The number of benzene rings is 1. The predicted octanol–water partition coefficient (Wildman–Crippen LogP) is 3.21. The van der Waals surface area contributed by atoms with Crippen LogP contribution in [0.2, 0.25) is 0 Å². The summed E-state index contributed by atoms with van der Waals surface area (Å²) in [5.41, 5.74) is 2.15.